The van der Waals surface area contributed by atoms with E-state index in [2.05, 4.69) is 13.8 Å². The highest BCUT2D eigenvalue weighted by Gasteiger charge is 2.07. The Kier molecular flexibility index (Phi) is 6.14. The van der Waals surface area contributed by atoms with Crippen molar-refractivity contribution in [2.45, 2.75) is 39.2 Å². The summed E-state index contributed by atoms with van der Waals surface area (Å²) in [5.41, 5.74) is 0. The summed E-state index contributed by atoms with van der Waals surface area (Å²) >= 11 is 5.59. The van der Waals surface area contributed by atoms with Crippen molar-refractivity contribution in [1.29, 1.82) is 0 Å². The molecule has 10 heavy (non-hydrogen) atoms. The van der Waals surface area contributed by atoms with Gasteiger partial charge < -0.3 is 5.11 Å². The number of hydrogen-bond acceptors (Lipinski definition) is 1. The maximum absolute atomic E-state index is 9.29. The fourth-order valence-electron chi connectivity index (χ4n) is 0.979. The zero-order valence-electron chi connectivity index (χ0n) is 6.81. The fourth-order valence-corrected chi connectivity index (χ4v) is 1.10. The molecule has 0 radical (unpaired) electrons. The highest BCUT2D eigenvalue weighted by molar-refractivity contribution is 6.18. The van der Waals surface area contributed by atoms with Crippen molar-refractivity contribution in [3.05, 3.63) is 0 Å². The summed E-state index contributed by atoms with van der Waals surface area (Å²) < 4.78 is 0. The van der Waals surface area contributed by atoms with Crippen molar-refractivity contribution in [2.75, 3.05) is 5.88 Å². The molecule has 0 aliphatic heterocycles. The summed E-state index contributed by atoms with van der Waals surface area (Å²) in [6.45, 7) is 4.14. The minimum absolute atomic E-state index is 0.140. The molecule has 0 aromatic heterocycles. The lowest BCUT2D eigenvalue weighted by atomic mass is 10.0. The summed E-state index contributed by atoms with van der Waals surface area (Å²) in [5.74, 6) is 1.10. The molecular formula is C8H17ClO. The number of halogens is 1. The van der Waals surface area contributed by atoms with E-state index in [-0.39, 0.29) is 6.10 Å². The maximum Gasteiger partial charge on any atom is 0.0543 e. The van der Waals surface area contributed by atoms with Crippen molar-refractivity contribution >= 4 is 11.6 Å². The predicted octanol–water partition coefficient (Wildman–Crippen LogP) is 2.41. The molecule has 0 amide bonds. The molecule has 0 aliphatic rings. The van der Waals surface area contributed by atoms with Gasteiger partial charge in [-0.3, -0.25) is 0 Å². The van der Waals surface area contributed by atoms with Gasteiger partial charge in [0.05, 0.1) is 6.10 Å². The van der Waals surface area contributed by atoms with E-state index >= 15 is 0 Å². The van der Waals surface area contributed by atoms with E-state index in [1.54, 1.807) is 0 Å². The van der Waals surface area contributed by atoms with E-state index in [9.17, 15) is 5.11 Å². The van der Waals surface area contributed by atoms with Crippen LogP contribution in [0.3, 0.4) is 0 Å². The van der Waals surface area contributed by atoms with Crippen LogP contribution in [0.25, 0.3) is 0 Å². The smallest absolute Gasteiger partial charge is 0.0543 e. The second-order valence-electron chi connectivity index (χ2n) is 2.94. The summed E-state index contributed by atoms with van der Waals surface area (Å²) in [6.07, 6.45) is 2.66. The van der Waals surface area contributed by atoms with Crippen molar-refractivity contribution < 1.29 is 5.11 Å². The Morgan fingerprint density at radius 3 is 2.50 bits per heavy atom. The molecule has 2 atom stereocenters. The third-order valence-electron chi connectivity index (χ3n) is 1.56. The van der Waals surface area contributed by atoms with Gasteiger partial charge in [0.2, 0.25) is 0 Å². The topological polar surface area (TPSA) is 20.2 Å². The molecule has 0 saturated carbocycles. The first kappa shape index (κ1) is 10.2. The number of hydrogen-bond donors (Lipinski definition) is 1. The Morgan fingerprint density at radius 1 is 1.50 bits per heavy atom. The SMILES string of the molecule is CCCC(O)CC(C)CCl. The van der Waals surface area contributed by atoms with Gasteiger partial charge in [-0.25, -0.2) is 0 Å². The lowest BCUT2D eigenvalue weighted by Crippen LogP contribution is -2.11. The van der Waals surface area contributed by atoms with E-state index in [0.717, 1.165) is 19.3 Å². The van der Waals surface area contributed by atoms with Crippen LogP contribution in [0.5, 0.6) is 0 Å². The first-order valence-corrected chi connectivity index (χ1v) is 4.48. The van der Waals surface area contributed by atoms with Gasteiger partial charge in [0.15, 0.2) is 0 Å². The van der Waals surface area contributed by atoms with Gasteiger partial charge >= 0.3 is 0 Å². The molecule has 1 nitrogen and oxygen atoms in total. The predicted molar refractivity (Wildman–Crippen MR) is 45.4 cm³/mol. The molecule has 0 aliphatic carbocycles. The van der Waals surface area contributed by atoms with Gasteiger partial charge in [-0.15, -0.1) is 11.6 Å². The van der Waals surface area contributed by atoms with Gasteiger partial charge in [-0.2, -0.15) is 0 Å². The zero-order valence-corrected chi connectivity index (χ0v) is 7.56. The molecule has 0 rings (SSSR count). The van der Waals surface area contributed by atoms with Gasteiger partial charge in [0, 0.05) is 5.88 Å². The van der Waals surface area contributed by atoms with Crippen LogP contribution >= 0.6 is 11.6 Å². The molecule has 0 bridgehead atoms. The quantitative estimate of drug-likeness (QED) is 0.619. The lowest BCUT2D eigenvalue weighted by Gasteiger charge is -2.12. The van der Waals surface area contributed by atoms with Crippen LogP contribution < -0.4 is 0 Å². The van der Waals surface area contributed by atoms with Crippen LogP contribution in [-0.2, 0) is 0 Å². The van der Waals surface area contributed by atoms with E-state index in [1.807, 2.05) is 0 Å². The molecule has 0 aromatic rings. The minimum Gasteiger partial charge on any atom is -0.393 e. The summed E-state index contributed by atoms with van der Waals surface area (Å²) in [5, 5.41) is 9.29. The molecule has 2 heteroatoms. The third-order valence-corrected chi connectivity index (χ3v) is 2.09. The van der Waals surface area contributed by atoms with E-state index in [4.69, 9.17) is 11.6 Å². The van der Waals surface area contributed by atoms with E-state index < -0.39 is 0 Å². The van der Waals surface area contributed by atoms with Gasteiger partial charge in [0.25, 0.3) is 0 Å². The van der Waals surface area contributed by atoms with Crippen molar-refractivity contribution in [1.82, 2.24) is 0 Å². The molecule has 0 aromatic carbocycles. The normalized spacial score (nSPS) is 16.8. The second-order valence-corrected chi connectivity index (χ2v) is 3.25. The number of rotatable bonds is 5. The summed E-state index contributed by atoms with van der Waals surface area (Å²) in [7, 11) is 0. The van der Waals surface area contributed by atoms with Crippen LogP contribution in [0.1, 0.15) is 33.1 Å². The van der Waals surface area contributed by atoms with Crippen LogP contribution in [0.4, 0.5) is 0 Å². The molecule has 62 valence electrons. The van der Waals surface area contributed by atoms with Crippen molar-refractivity contribution in [2.24, 2.45) is 5.92 Å². The standard InChI is InChI=1S/C8H17ClO/c1-3-4-8(10)5-7(2)6-9/h7-8,10H,3-6H2,1-2H3. The largest absolute Gasteiger partial charge is 0.393 e. The molecule has 0 saturated heterocycles. The molecule has 1 N–H and O–H groups in total. The Balaban J connectivity index is 3.27. The first-order chi connectivity index (χ1) is 4.70. The highest BCUT2D eigenvalue weighted by Crippen LogP contribution is 2.11. The van der Waals surface area contributed by atoms with Crippen molar-refractivity contribution in [3.8, 4) is 0 Å². The van der Waals surface area contributed by atoms with Gasteiger partial charge in [0.1, 0.15) is 0 Å². The van der Waals surface area contributed by atoms with E-state index in [1.165, 1.54) is 0 Å². The average Bonchev–Trinajstić information content (AvgIpc) is 1.88. The molecule has 0 fully saturated rings. The minimum atomic E-state index is -0.140. The van der Waals surface area contributed by atoms with Crippen LogP contribution in [0.2, 0.25) is 0 Å². The molecule has 0 heterocycles. The monoisotopic (exact) mass is 164 g/mol. The Hall–Kier alpha value is 0.250. The van der Waals surface area contributed by atoms with Crippen LogP contribution in [0, 0.1) is 5.92 Å². The fraction of sp³-hybridized carbons (Fsp3) is 1.00. The third kappa shape index (κ3) is 5.07. The van der Waals surface area contributed by atoms with E-state index in [0.29, 0.717) is 11.8 Å². The summed E-state index contributed by atoms with van der Waals surface area (Å²) in [4.78, 5) is 0. The first-order valence-electron chi connectivity index (χ1n) is 3.94. The van der Waals surface area contributed by atoms with Gasteiger partial charge in [-0.1, -0.05) is 20.3 Å². The number of aliphatic hydroxyl groups is 1. The van der Waals surface area contributed by atoms with Gasteiger partial charge in [-0.05, 0) is 18.8 Å². The van der Waals surface area contributed by atoms with Crippen LogP contribution in [-0.4, -0.2) is 17.1 Å². The Morgan fingerprint density at radius 2 is 2.10 bits per heavy atom. The zero-order chi connectivity index (χ0) is 7.98. The van der Waals surface area contributed by atoms with Crippen LogP contribution in [0.15, 0.2) is 0 Å². The maximum atomic E-state index is 9.29. The molecule has 2 unspecified atom stereocenters. The Labute approximate surface area is 68.4 Å². The molecule has 0 spiro atoms. The Bertz CT molecular complexity index is 75.7. The lowest BCUT2D eigenvalue weighted by molar-refractivity contribution is 0.139. The highest BCUT2D eigenvalue weighted by atomic mass is 35.5. The summed E-state index contributed by atoms with van der Waals surface area (Å²) in [6, 6.07) is 0. The molecular weight excluding hydrogens is 148 g/mol. The number of alkyl halides is 1. The average molecular weight is 165 g/mol. The second kappa shape index (κ2) is 5.99. The number of aliphatic hydroxyl groups excluding tert-OH is 1. The van der Waals surface area contributed by atoms with Crippen molar-refractivity contribution in [3.63, 3.8) is 0 Å².